The molecule has 106 valence electrons. The van der Waals surface area contributed by atoms with Crippen LogP contribution in [0.3, 0.4) is 0 Å². The van der Waals surface area contributed by atoms with Gasteiger partial charge in [0.25, 0.3) is 10.0 Å². The number of benzene rings is 2. The van der Waals surface area contributed by atoms with Crippen LogP contribution in [0.15, 0.2) is 50.2 Å². The molecule has 0 unspecified atom stereocenters. The van der Waals surface area contributed by atoms with E-state index in [0.717, 1.165) is 16.1 Å². The lowest BCUT2D eigenvalue weighted by atomic mass is 10.2. The van der Waals surface area contributed by atoms with Gasteiger partial charge in [-0.25, -0.2) is 12.8 Å². The van der Waals surface area contributed by atoms with E-state index in [1.807, 2.05) is 6.07 Å². The molecule has 0 radical (unpaired) electrons. The second-order valence-corrected chi connectivity index (χ2v) is 7.59. The van der Waals surface area contributed by atoms with E-state index in [4.69, 9.17) is 0 Å². The van der Waals surface area contributed by atoms with E-state index in [0.29, 0.717) is 5.69 Å². The summed E-state index contributed by atoms with van der Waals surface area (Å²) in [5.41, 5.74) is 1.22. The van der Waals surface area contributed by atoms with E-state index in [-0.39, 0.29) is 9.37 Å². The molecule has 0 atom stereocenters. The fourth-order valence-electron chi connectivity index (χ4n) is 1.55. The average Bonchev–Trinajstić information content (AvgIpc) is 2.36. The Hall–Kier alpha value is -0.920. The lowest BCUT2D eigenvalue weighted by Gasteiger charge is -2.11. The van der Waals surface area contributed by atoms with Crippen molar-refractivity contribution in [3.63, 3.8) is 0 Å². The minimum absolute atomic E-state index is 0.127. The van der Waals surface area contributed by atoms with Crippen LogP contribution in [0.2, 0.25) is 0 Å². The van der Waals surface area contributed by atoms with E-state index in [1.54, 1.807) is 19.1 Å². The molecule has 0 spiro atoms. The zero-order valence-electron chi connectivity index (χ0n) is 10.3. The Morgan fingerprint density at radius 3 is 2.45 bits per heavy atom. The predicted octanol–water partition coefficient (Wildman–Crippen LogP) is 4.46. The van der Waals surface area contributed by atoms with Crippen LogP contribution >= 0.6 is 31.9 Å². The van der Waals surface area contributed by atoms with Gasteiger partial charge in [-0.15, -0.1) is 0 Å². The third-order valence-electron chi connectivity index (χ3n) is 2.65. The van der Waals surface area contributed by atoms with Gasteiger partial charge in [-0.05, 0) is 58.7 Å². The van der Waals surface area contributed by atoms with E-state index in [2.05, 4.69) is 36.6 Å². The number of sulfonamides is 1. The van der Waals surface area contributed by atoms with E-state index < -0.39 is 15.8 Å². The molecule has 2 rings (SSSR count). The van der Waals surface area contributed by atoms with Gasteiger partial charge in [-0.2, -0.15) is 0 Å². The zero-order valence-corrected chi connectivity index (χ0v) is 14.3. The molecule has 3 nitrogen and oxygen atoms in total. The second-order valence-electron chi connectivity index (χ2n) is 4.14. The molecule has 0 amide bonds. The molecule has 0 aliphatic rings. The van der Waals surface area contributed by atoms with Gasteiger partial charge in [0.1, 0.15) is 5.82 Å². The smallest absolute Gasteiger partial charge is 0.262 e. The molecule has 0 saturated heterocycles. The maximum absolute atomic E-state index is 13.4. The van der Waals surface area contributed by atoms with Crippen molar-refractivity contribution in [2.45, 2.75) is 11.8 Å². The summed E-state index contributed by atoms with van der Waals surface area (Å²) in [4.78, 5) is -0.127. The van der Waals surface area contributed by atoms with E-state index in [1.165, 1.54) is 12.1 Å². The van der Waals surface area contributed by atoms with Crippen molar-refractivity contribution in [3.05, 3.63) is 56.7 Å². The van der Waals surface area contributed by atoms with Crippen LogP contribution in [-0.2, 0) is 10.0 Å². The maximum Gasteiger partial charge on any atom is 0.262 e. The molecule has 2 aromatic carbocycles. The number of rotatable bonds is 3. The molecule has 2 aromatic rings. The third kappa shape index (κ3) is 3.39. The van der Waals surface area contributed by atoms with E-state index in [9.17, 15) is 12.8 Å². The summed E-state index contributed by atoms with van der Waals surface area (Å²) in [6.07, 6.45) is 0. The highest BCUT2D eigenvalue weighted by atomic mass is 79.9. The maximum atomic E-state index is 13.4. The van der Waals surface area contributed by atoms with Gasteiger partial charge >= 0.3 is 0 Å². The van der Waals surface area contributed by atoms with E-state index >= 15 is 0 Å². The van der Waals surface area contributed by atoms with Crippen LogP contribution in [0, 0.1) is 12.7 Å². The Morgan fingerprint density at radius 1 is 1.10 bits per heavy atom. The van der Waals surface area contributed by atoms with Gasteiger partial charge in [0, 0.05) is 4.47 Å². The van der Waals surface area contributed by atoms with Crippen molar-refractivity contribution < 1.29 is 12.8 Å². The molecule has 0 aliphatic carbocycles. The van der Waals surface area contributed by atoms with Gasteiger partial charge in [0.15, 0.2) is 0 Å². The van der Waals surface area contributed by atoms with Crippen molar-refractivity contribution in [2.24, 2.45) is 0 Å². The van der Waals surface area contributed by atoms with Gasteiger partial charge in [0.05, 0.1) is 15.1 Å². The van der Waals surface area contributed by atoms with Crippen molar-refractivity contribution in [3.8, 4) is 0 Å². The quantitative estimate of drug-likeness (QED) is 0.793. The number of halogens is 3. The summed E-state index contributed by atoms with van der Waals surface area (Å²) in [6, 6.07) is 8.92. The SMILES string of the molecule is Cc1ccc(Br)cc1NS(=O)(=O)c1ccc(Br)c(F)c1. The minimum Gasteiger partial charge on any atom is -0.279 e. The first kappa shape index (κ1) is 15.5. The molecular formula is C13H10Br2FNO2S. The highest BCUT2D eigenvalue weighted by molar-refractivity contribution is 9.10. The van der Waals surface area contributed by atoms with Gasteiger partial charge in [-0.3, -0.25) is 4.72 Å². The Balaban J connectivity index is 2.40. The average molecular weight is 423 g/mol. The summed E-state index contributed by atoms with van der Waals surface area (Å²) < 4.78 is 41.3. The Labute approximate surface area is 133 Å². The fraction of sp³-hybridized carbons (Fsp3) is 0.0769. The van der Waals surface area contributed by atoms with Gasteiger partial charge < -0.3 is 0 Å². The van der Waals surface area contributed by atoms with Crippen LogP contribution < -0.4 is 4.72 Å². The molecule has 0 aromatic heterocycles. The monoisotopic (exact) mass is 421 g/mol. The van der Waals surface area contributed by atoms with Crippen LogP contribution in [0.4, 0.5) is 10.1 Å². The topological polar surface area (TPSA) is 46.2 Å². The van der Waals surface area contributed by atoms with Gasteiger partial charge in [0.2, 0.25) is 0 Å². The van der Waals surface area contributed by atoms with Crippen molar-refractivity contribution in [2.75, 3.05) is 4.72 Å². The number of aryl methyl sites for hydroxylation is 1. The summed E-state index contributed by atoms with van der Waals surface area (Å²) in [5, 5.41) is 0. The van der Waals surface area contributed by atoms with Crippen LogP contribution in [-0.4, -0.2) is 8.42 Å². The minimum atomic E-state index is -3.82. The van der Waals surface area contributed by atoms with Crippen molar-refractivity contribution in [1.29, 1.82) is 0 Å². The number of anilines is 1. The fourth-order valence-corrected chi connectivity index (χ4v) is 3.29. The van der Waals surface area contributed by atoms with Crippen molar-refractivity contribution >= 4 is 47.6 Å². The normalized spacial score (nSPS) is 11.4. The summed E-state index contributed by atoms with van der Waals surface area (Å²) in [5.74, 6) is -0.626. The molecule has 0 saturated carbocycles. The summed E-state index contributed by atoms with van der Waals surface area (Å²) >= 11 is 6.27. The number of hydrogen-bond donors (Lipinski definition) is 1. The highest BCUT2D eigenvalue weighted by Gasteiger charge is 2.17. The largest absolute Gasteiger partial charge is 0.279 e. The molecule has 1 N–H and O–H groups in total. The first-order chi connectivity index (χ1) is 9.29. The van der Waals surface area contributed by atoms with Crippen LogP contribution in [0.25, 0.3) is 0 Å². The summed E-state index contributed by atoms with van der Waals surface area (Å²) in [6.45, 7) is 1.78. The molecule has 0 bridgehead atoms. The predicted molar refractivity (Wildman–Crippen MR) is 83.8 cm³/mol. The number of nitrogens with one attached hydrogen (secondary N) is 1. The van der Waals surface area contributed by atoms with Crippen LogP contribution in [0.1, 0.15) is 5.56 Å². The Morgan fingerprint density at radius 2 is 1.80 bits per heavy atom. The molecule has 7 heteroatoms. The standard InChI is InChI=1S/C13H10Br2FNO2S/c1-8-2-3-9(14)6-13(8)17-20(18,19)10-4-5-11(15)12(16)7-10/h2-7,17H,1H3. The molecule has 0 heterocycles. The third-order valence-corrected chi connectivity index (χ3v) is 5.14. The lowest BCUT2D eigenvalue weighted by molar-refractivity contribution is 0.593. The Kier molecular flexibility index (Phi) is 4.51. The zero-order chi connectivity index (χ0) is 14.9. The molecular weight excluding hydrogens is 413 g/mol. The Bertz CT molecular complexity index is 763. The summed E-state index contributed by atoms with van der Waals surface area (Å²) in [7, 11) is -3.82. The second kappa shape index (κ2) is 5.83. The molecule has 0 fully saturated rings. The first-order valence-corrected chi connectivity index (χ1v) is 8.60. The van der Waals surface area contributed by atoms with Crippen LogP contribution in [0.5, 0.6) is 0 Å². The lowest BCUT2D eigenvalue weighted by Crippen LogP contribution is -2.14. The first-order valence-electron chi connectivity index (χ1n) is 5.53. The highest BCUT2D eigenvalue weighted by Crippen LogP contribution is 2.25. The molecule has 20 heavy (non-hydrogen) atoms. The van der Waals surface area contributed by atoms with Crippen molar-refractivity contribution in [1.82, 2.24) is 0 Å². The van der Waals surface area contributed by atoms with Gasteiger partial charge in [-0.1, -0.05) is 22.0 Å². The number of hydrogen-bond acceptors (Lipinski definition) is 2. The molecule has 0 aliphatic heterocycles.